The second kappa shape index (κ2) is 5.39. The summed E-state index contributed by atoms with van der Waals surface area (Å²) in [6.45, 7) is 3.17. The van der Waals surface area contributed by atoms with Crippen molar-refractivity contribution >= 4 is 23.5 Å². The van der Waals surface area contributed by atoms with Crippen molar-refractivity contribution in [1.82, 2.24) is 9.99 Å². The molecule has 3 N–H and O–H groups in total. The molecule has 5 heteroatoms. The van der Waals surface area contributed by atoms with Crippen molar-refractivity contribution < 1.29 is 0 Å². The van der Waals surface area contributed by atoms with Crippen LogP contribution in [0.3, 0.4) is 0 Å². The van der Waals surface area contributed by atoms with Gasteiger partial charge in [0.05, 0.1) is 6.21 Å². The number of nitrogens with zero attached hydrogens (tertiary/aromatic N) is 2. The van der Waals surface area contributed by atoms with E-state index in [1.807, 2.05) is 18.5 Å². The highest BCUT2D eigenvalue weighted by molar-refractivity contribution is 7.80. The van der Waals surface area contributed by atoms with Crippen LogP contribution in [0.25, 0.3) is 0 Å². The van der Waals surface area contributed by atoms with Gasteiger partial charge < -0.3 is 10.3 Å². The summed E-state index contributed by atoms with van der Waals surface area (Å²) in [5.41, 5.74) is 8.75. The molecule has 0 saturated carbocycles. The first kappa shape index (κ1) is 10.7. The molecular weight excluding hydrogens is 196 g/mol. The molecule has 0 unspecified atom stereocenters. The lowest BCUT2D eigenvalue weighted by atomic mass is 10.4. The molecule has 1 aromatic heterocycles. The Bertz CT molecular complexity index is 329. The second-order valence-electron chi connectivity index (χ2n) is 2.92. The quantitative estimate of drug-likeness (QED) is 0.444. The summed E-state index contributed by atoms with van der Waals surface area (Å²) < 4.78 is 2.11. The first-order valence-corrected chi connectivity index (χ1v) is 4.87. The van der Waals surface area contributed by atoms with E-state index >= 15 is 0 Å². The molecule has 14 heavy (non-hydrogen) atoms. The van der Waals surface area contributed by atoms with Gasteiger partial charge in [0.2, 0.25) is 0 Å². The van der Waals surface area contributed by atoms with Gasteiger partial charge in [-0.2, -0.15) is 5.10 Å². The van der Waals surface area contributed by atoms with E-state index in [4.69, 9.17) is 5.73 Å². The molecule has 0 aliphatic rings. The van der Waals surface area contributed by atoms with Gasteiger partial charge in [0, 0.05) is 24.5 Å². The van der Waals surface area contributed by atoms with Crippen molar-refractivity contribution in [2.24, 2.45) is 10.8 Å². The van der Waals surface area contributed by atoms with E-state index in [1.165, 1.54) is 0 Å². The zero-order valence-electron chi connectivity index (χ0n) is 8.10. The van der Waals surface area contributed by atoms with E-state index in [0.717, 1.165) is 18.5 Å². The van der Waals surface area contributed by atoms with Gasteiger partial charge in [-0.05, 0) is 24.7 Å². The Hall–Kier alpha value is -1.36. The molecule has 0 aliphatic carbocycles. The van der Waals surface area contributed by atoms with E-state index in [-0.39, 0.29) is 5.11 Å². The minimum absolute atomic E-state index is 0.175. The number of hydrogen-bond acceptors (Lipinski definition) is 2. The van der Waals surface area contributed by atoms with E-state index in [1.54, 1.807) is 6.21 Å². The van der Waals surface area contributed by atoms with Crippen LogP contribution in [0.4, 0.5) is 0 Å². The fourth-order valence-electron chi connectivity index (χ4n) is 1.10. The minimum atomic E-state index is 0.175. The molecular formula is C9H14N4S. The topological polar surface area (TPSA) is 55.3 Å². The maximum absolute atomic E-state index is 5.21. The Kier molecular flexibility index (Phi) is 4.12. The van der Waals surface area contributed by atoms with Crippen LogP contribution in [0.15, 0.2) is 23.6 Å². The molecule has 0 radical (unpaired) electrons. The average Bonchev–Trinajstić information content (AvgIpc) is 2.53. The zero-order valence-corrected chi connectivity index (χ0v) is 8.92. The maximum Gasteiger partial charge on any atom is 0.184 e. The van der Waals surface area contributed by atoms with Gasteiger partial charge >= 0.3 is 0 Å². The number of rotatable bonds is 4. The number of nitrogens with two attached hydrogens (primary N) is 1. The summed E-state index contributed by atoms with van der Waals surface area (Å²) in [6.07, 6.45) is 6.85. The highest BCUT2D eigenvalue weighted by atomic mass is 32.1. The average molecular weight is 210 g/mol. The van der Waals surface area contributed by atoms with Crippen molar-refractivity contribution in [3.8, 4) is 0 Å². The van der Waals surface area contributed by atoms with Gasteiger partial charge in [0.15, 0.2) is 5.11 Å². The monoisotopic (exact) mass is 210 g/mol. The molecule has 1 aromatic rings. The zero-order chi connectivity index (χ0) is 10.4. The Labute approximate surface area is 88.8 Å². The fourth-order valence-corrected chi connectivity index (χ4v) is 1.16. The molecule has 0 aliphatic heterocycles. The fraction of sp³-hybridized carbons (Fsp3) is 0.333. The molecule has 1 heterocycles. The predicted molar refractivity (Wildman–Crippen MR) is 62.2 cm³/mol. The highest BCUT2D eigenvalue weighted by Crippen LogP contribution is 1.98. The van der Waals surface area contributed by atoms with Crippen LogP contribution in [0.1, 0.15) is 18.9 Å². The molecule has 0 saturated heterocycles. The van der Waals surface area contributed by atoms with Crippen molar-refractivity contribution in [2.45, 2.75) is 19.9 Å². The first-order chi connectivity index (χ1) is 6.72. The highest BCUT2D eigenvalue weighted by Gasteiger charge is 1.92. The summed E-state index contributed by atoms with van der Waals surface area (Å²) in [4.78, 5) is 0. The van der Waals surface area contributed by atoms with E-state index in [2.05, 4.69) is 34.2 Å². The van der Waals surface area contributed by atoms with Crippen LogP contribution < -0.4 is 11.2 Å². The number of aryl methyl sites for hydroxylation is 1. The van der Waals surface area contributed by atoms with Gasteiger partial charge in [-0.15, -0.1) is 0 Å². The normalized spacial score (nSPS) is 10.6. The van der Waals surface area contributed by atoms with E-state index in [9.17, 15) is 0 Å². The number of thiocarbonyl (C=S) groups is 1. The van der Waals surface area contributed by atoms with E-state index < -0.39 is 0 Å². The van der Waals surface area contributed by atoms with Crippen LogP contribution >= 0.6 is 12.2 Å². The third kappa shape index (κ3) is 3.57. The van der Waals surface area contributed by atoms with Gasteiger partial charge in [-0.1, -0.05) is 6.92 Å². The van der Waals surface area contributed by atoms with Gasteiger partial charge in [-0.3, -0.25) is 5.43 Å². The smallest absolute Gasteiger partial charge is 0.184 e. The Balaban J connectivity index is 2.50. The number of hydrogen-bond donors (Lipinski definition) is 2. The van der Waals surface area contributed by atoms with Gasteiger partial charge in [0.1, 0.15) is 0 Å². The Morgan fingerprint density at radius 1 is 1.79 bits per heavy atom. The SMILES string of the molecule is CCCn1ccc(C=NNC(N)=S)c1. The van der Waals surface area contributed by atoms with Crippen LogP contribution in [0.2, 0.25) is 0 Å². The van der Waals surface area contributed by atoms with Crippen LogP contribution in [0, 0.1) is 0 Å². The summed E-state index contributed by atoms with van der Waals surface area (Å²) in [7, 11) is 0. The molecule has 1 rings (SSSR count). The first-order valence-electron chi connectivity index (χ1n) is 4.46. The van der Waals surface area contributed by atoms with Crippen LogP contribution in [-0.2, 0) is 6.54 Å². The number of nitrogens with one attached hydrogen (secondary N) is 1. The number of hydrazone groups is 1. The van der Waals surface area contributed by atoms with E-state index in [0.29, 0.717) is 0 Å². The molecule has 0 bridgehead atoms. The summed E-state index contributed by atoms with van der Waals surface area (Å²) in [5, 5.41) is 4.04. The molecule has 0 amide bonds. The molecule has 4 nitrogen and oxygen atoms in total. The molecule has 0 atom stereocenters. The van der Waals surface area contributed by atoms with Crippen molar-refractivity contribution in [2.75, 3.05) is 0 Å². The van der Waals surface area contributed by atoms with Crippen LogP contribution in [-0.4, -0.2) is 15.9 Å². The largest absolute Gasteiger partial charge is 0.375 e. The minimum Gasteiger partial charge on any atom is -0.375 e. The van der Waals surface area contributed by atoms with Crippen LogP contribution in [0.5, 0.6) is 0 Å². The predicted octanol–water partition coefficient (Wildman–Crippen LogP) is 1.07. The standard InChI is InChI=1S/C9H14N4S/c1-2-4-13-5-3-8(7-13)6-11-12-9(10)14/h3,5-7H,2,4H2,1H3,(H3,10,12,14). The third-order valence-corrected chi connectivity index (χ3v) is 1.73. The lowest BCUT2D eigenvalue weighted by Crippen LogP contribution is -2.23. The lowest BCUT2D eigenvalue weighted by molar-refractivity contribution is 0.683. The summed E-state index contributed by atoms with van der Waals surface area (Å²) >= 11 is 4.61. The Morgan fingerprint density at radius 3 is 3.21 bits per heavy atom. The lowest BCUT2D eigenvalue weighted by Gasteiger charge is -1.96. The molecule has 0 fully saturated rings. The summed E-state index contributed by atoms with van der Waals surface area (Å²) in [5.74, 6) is 0. The molecule has 0 spiro atoms. The maximum atomic E-state index is 5.21. The van der Waals surface area contributed by atoms with Crippen molar-refractivity contribution in [1.29, 1.82) is 0 Å². The van der Waals surface area contributed by atoms with Gasteiger partial charge in [-0.25, -0.2) is 0 Å². The number of aromatic nitrogens is 1. The molecule has 76 valence electrons. The molecule has 0 aromatic carbocycles. The second-order valence-corrected chi connectivity index (χ2v) is 3.36. The summed E-state index contributed by atoms with van der Waals surface area (Å²) in [6, 6.07) is 1.99. The van der Waals surface area contributed by atoms with Crippen molar-refractivity contribution in [3.05, 3.63) is 24.0 Å². The Morgan fingerprint density at radius 2 is 2.57 bits per heavy atom. The third-order valence-electron chi connectivity index (χ3n) is 1.64. The van der Waals surface area contributed by atoms with Gasteiger partial charge in [0.25, 0.3) is 0 Å². The van der Waals surface area contributed by atoms with Crippen molar-refractivity contribution in [3.63, 3.8) is 0 Å².